The predicted molar refractivity (Wildman–Crippen MR) is 129 cm³/mol. The molecule has 32 heavy (non-hydrogen) atoms. The summed E-state index contributed by atoms with van der Waals surface area (Å²) < 4.78 is 11.6. The van der Waals surface area contributed by atoms with E-state index in [4.69, 9.17) is 9.47 Å². The summed E-state index contributed by atoms with van der Waals surface area (Å²) in [7, 11) is 2.17. The normalized spacial score (nSPS) is 18.2. The summed E-state index contributed by atoms with van der Waals surface area (Å²) in [5.41, 5.74) is 6.41. The monoisotopic (exact) mass is 438 g/mol. The molecule has 0 amide bonds. The van der Waals surface area contributed by atoms with E-state index in [0.29, 0.717) is 18.3 Å². The fourth-order valence-electron chi connectivity index (χ4n) is 3.90. The SMILES string of the molecule is Cc1cccc(C=NNc2cc(N3CCOCC3)cc(OCCN3CCN(C)CC3)n2)c1. The number of hydrazone groups is 1. The molecule has 8 nitrogen and oxygen atoms in total. The summed E-state index contributed by atoms with van der Waals surface area (Å²) in [5, 5.41) is 4.39. The van der Waals surface area contributed by atoms with Crippen molar-refractivity contribution >= 4 is 17.7 Å². The van der Waals surface area contributed by atoms with E-state index in [0.717, 1.165) is 70.3 Å². The maximum atomic E-state index is 6.07. The third-order valence-electron chi connectivity index (χ3n) is 5.85. The topological polar surface area (TPSA) is 65.5 Å². The van der Waals surface area contributed by atoms with Gasteiger partial charge in [-0.15, -0.1) is 0 Å². The van der Waals surface area contributed by atoms with Gasteiger partial charge >= 0.3 is 0 Å². The molecule has 2 aliphatic heterocycles. The largest absolute Gasteiger partial charge is 0.476 e. The number of morpholine rings is 1. The highest BCUT2D eigenvalue weighted by Gasteiger charge is 2.16. The number of nitrogens with one attached hydrogen (secondary N) is 1. The number of anilines is 2. The second-order valence-electron chi connectivity index (χ2n) is 8.43. The smallest absolute Gasteiger partial charge is 0.217 e. The molecule has 2 aliphatic rings. The quantitative estimate of drug-likeness (QED) is 0.501. The number of hydrogen-bond donors (Lipinski definition) is 1. The Bertz CT molecular complexity index is 892. The Kier molecular flexibility index (Phi) is 7.92. The Hall–Kier alpha value is -2.68. The third-order valence-corrected chi connectivity index (χ3v) is 5.85. The van der Waals surface area contributed by atoms with Gasteiger partial charge in [-0.25, -0.2) is 0 Å². The van der Waals surface area contributed by atoms with E-state index < -0.39 is 0 Å². The van der Waals surface area contributed by atoms with Crippen molar-refractivity contribution in [1.82, 2.24) is 14.8 Å². The van der Waals surface area contributed by atoms with Crippen LogP contribution in [0.25, 0.3) is 0 Å². The highest BCUT2D eigenvalue weighted by atomic mass is 16.5. The van der Waals surface area contributed by atoms with Gasteiger partial charge in [-0.05, 0) is 19.5 Å². The van der Waals surface area contributed by atoms with Crippen molar-refractivity contribution in [3.8, 4) is 5.88 Å². The van der Waals surface area contributed by atoms with Crippen molar-refractivity contribution in [2.75, 3.05) is 83.0 Å². The molecule has 172 valence electrons. The average molecular weight is 439 g/mol. The number of benzene rings is 1. The maximum absolute atomic E-state index is 6.07. The molecule has 0 unspecified atom stereocenters. The summed E-state index contributed by atoms with van der Waals surface area (Å²) in [4.78, 5) is 11.7. The molecule has 2 fully saturated rings. The van der Waals surface area contributed by atoms with E-state index >= 15 is 0 Å². The summed E-state index contributed by atoms with van der Waals surface area (Å²) in [6, 6.07) is 12.3. The van der Waals surface area contributed by atoms with Gasteiger partial charge in [-0.2, -0.15) is 10.1 Å². The maximum Gasteiger partial charge on any atom is 0.217 e. The Morgan fingerprint density at radius 2 is 1.91 bits per heavy atom. The van der Waals surface area contributed by atoms with Crippen LogP contribution in [0.5, 0.6) is 5.88 Å². The van der Waals surface area contributed by atoms with Crippen LogP contribution >= 0.6 is 0 Å². The number of hydrogen-bond acceptors (Lipinski definition) is 8. The zero-order valence-electron chi connectivity index (χ0n) is 19.2. The second kappa shape index (κ2) is 11.3. The van der Waals surface area contributed by atoms with Crippen LogP contribution in [0, 0.1) is 6.92 Å². The molecule has 1 N–H and O–H groups in total. The minimum Gasteiger partial charge on any atom is -0.476 e. The highest BCUT2D eigenvalue weighted by molar-refractivity contribution is 5.80. The van der Waals surface area contributed by atoms with Crippen LogP contribution in [0.15, 0.2) is 41.5 Å². The first-order valence-electron chi connectivity index (χ1n) is 11.4. The van der Waals surface area contributed by atoms with Crippen molar-refractivity contribution in [2.24, 2.45) is 5.10 Å². The lowest BCUT2D eigenvalue weighted by atomic mass is 10.2. The molecule has 0 saturated carbocycles. The van der Waals surface area contributed by atoms with E-state index in [-0.39, 0.29) is 0 Å². The molecule has 1 aromatic heterocycles. The van der Waals surface area contributed by atoms with Gasteiger partial charge in [0.25, 0.3) is 0 Å². The highest BCUT2D eigenvalue weighted by Crippen LogP contribution is 2.25. The molecule has 3 heterocycles. The number of pyridine rings is 1. The first kappa shape index (κ1) is 22.5. The summed E-state index contributed by atoms with van der Waals surface area (Å²) >= 11 is 0. The van der Waals surface area contributed by atoms with Gasteiger partial charge in [-0.1, -0.05) is 29.8 Å². The van der Waals surface area contributed by atoms with Crippen LogP contribution in [-0.2, 0) is 4.74 Å². The molecule has 8 heteroatoms. The predicted octanol–water partition coefficient (Wildman–Crippen LogP) is 2.30. The Labute approximate surface area is 190 Å². The van der Waals surface area contributed by atoms with Crippen LogP contribution in [0.1, 0.15) is 11.1 Å². The second-order valence-corrected chi connectivity index (χ2v) is 8.43. The molecule has 4 rings (SSSR count). The lowest BCUT2D eigenvalue weighted by Gasteiger charge is -2.32. The third kappa shape index (κ3) is 6.66. The van der Waals surface area contributed by atoms with E-state index in [1.54, 1.807) is 0 Å². The van der Waals surface area contributed by atoms with Crippen molar-refractivity contribution < 1.29 is 9.47 Å². The van der Waals surface area contributed by atoms with E-state index in [1.165, 1.54) is 5.56 Å². The number of aryl methyl sites for hydroxylation is 1. The molecule has 0 radical (unpaired) electrons. The fourth-order valence-corrected chi connectivity index (χ4v) is 3.90. The minimum atomic E-state index is 0.620. The standard InChI is InChI=1S/C24H34N6O2/c1-20-4-3-5-21(16-20)19-25-27-23-17-22(30-11-13-31-14-12-30)18-24(26-23)32-15-10-29-8-6-28(2)7-9-29/h3-5,16-19H,6-15H2,1-2H3,(H,26,27). The molecule has 0 spiro atoms. The van der Waals surface area contributed by atoms with Gasteiger partial charge in [0.1, 0.15) is 6.61 Å². The van der Waals surface area contributed by atoms with Gasteiger partial charge in [0.2, 0.25) is 5.88 Å². The summed E-state index contributed by atoms with van der Waals surface area (Å²) in [6.45, 7) is 11.2. The van der Waals surface area contributed by atoms with Crippen molar-refractivity contribution in [1.29, 1.82) is 0 Å². The van der Waals surface area contributed by atoms with Gasteiger partial charge in [-0.3, -0.25) is 10.3 Å². The Balaban J connectivity index is 1.41. The lowest BCUT2D eigenvalue weighted by molar-refractivity contribution is 0.122. The molecule has 2 saturated heterocycles. The minimum absolute atomic E-state index is 0.620. The van der Waals surface area contributed by atoms with Gasteiger partial charge < -0.3 is 19.3 Å². The number of nitrogens with zero attached hydrogens (tertiary/aromatic N) is 5. The van der Waals surface area contributed by atoms with Gasteiger partial charge in [0.05, 0.1) is 19.4 Å². The fraction of sp³-hybridized carbons (Fsp3) is 0.500. The molecule has 0 atom stereocenters. The van der Waals surface area contributed by atoms with Gasteiger partial charge in [0, 0.05) is 63.6 Å². The Morgan fingerprint density at radius 3 is 2.69 bits per heavy atom. The number of aromatic nitrogens is 1. The average Bonchev–Trinajstić information content (AvgIpc) is 2.81. The van der Waals surface area contributed by atoms with Crippen molar-refractivity contribution in [3.05, 3.63) is 47.5 Å². The van der Waals surface area contributed by atoms with Crippen LogP contribution in [0.3, 0.4) is 0 Å². The number of ether oxygens (including phenoxy) is 2. The molecule has 2 aromatic rings. The molecule has 0 bridgehead atoms. The summed E-state index contributed by atoms with van der Waals surface area (Å²) in [6.07, 6.45) is 1.81. The number of rotatable bonds is 8. The van der Waals surface area contributed by atoms with E-state index in [9.17, 15) is 0 Å². The van der Waals surface area contributed by atoms with Crippen molar-refractivity contribution in [3.63, 3.8) is 0 Å². The zero-order chi connectivity index (χ0) is 22.2. The molecule has 1 aromatic carbocycles. The first-order chi connectivity index (χ1) is 15.7. The summed E-state index contributed by atoms with van der Waals surface area (Å²) in [5.74, 6) is 1.30. The van der Waals surface area contributed by atoms with Crippen LogP contribution in [0.2, 0.25) is 0 Å². The van der Waals surface area contributed by atoms with Crippen LogP contribution in [0.4, 0.5) is 11.5 Å². The lowest BCUT2D eigenvalue weighted by Crippen LogP contribution is -2.45. The van der Waals surface area contributed by atoms with Crippen LogP contribution in [-0.4, -0.2) is 93.7 Å². The van der Waals surface area contributed by atoms with Gasteiger partial charge in [0.15, 0.2) is 5.82 Å². The Morgan fingerprint density at radius 1 is 1.09 bits per heavy atom. The zero-order valence-corrected chi connectivity index (χ0v) is 19.2. The van der Waals surface area contributed by atoms with Crippen molar-refractivity contribution in [2.45, 2.75) is 6.92 Å². The number of likely N-dealkylation sites (N-methyl/N-ethyl adjacent to an activating group) is 1. The number of piperazine rings is 1. The first-order valence-corrected chi connectivity index (χ1v) is 11.4. The van der Waals surface area contributed by atoms with E-state index in [2.05, 4.69) is 56.3 Å². The van der Waals surface area contributed by atoms with Crippen LogP contribution < -0.4 is 15.1 Å². The molecular weight excluding hydrogens is 404 g/mol. The van der Waals surface area contributed by atoms with E-state index in [1.807, 2.05) is 30.5 Å². The molecular formula is C24H34N6O2. The molecule has 0 aliphatic carbocycles.